The first kappa shape index (κ1) is 12.4. The maximum atomic E-state index is 13.4. The number of ketones is 1. The lowest BCUT2D eigenvalue weighted by Crippen LogP contribution is -2.07. The van der Waals surface area contributed by atoms with Gasteiger partial charge in [-0.1, -0.05) is 24.3 Å². The number of benzene rings is 2. The second-order valence-corrected chi connectivity index (χ2v) is 4.15. The summed E-state index contributed by atoms with van der Waals surface area (Å²) in [6, 6.07) is 8.64. The molecule has 0 aliphatic carbocycles. The summed E-state index contributed by atoms with van der Waals surface area (Å²) in [5, 5.41) is 0. The molecule has 0 spiro atoms. The van der Waals surface area contributed by atoms with Crippen molar-refractivity contribution in [3.63, 3.8) is 0 Å². The van der Waals surface area contributed by atoms with Crippen molar-refractivity contribution in [1.29, 1.82) is 0 Å². The third-order valence-corrected chi connectivity index (χ3v) is 3.02. The zero-order valence-corrected chi connectivity index (χ0v) is 10.1. The molecule has 0 radical (unpaired) electrons. The quantitative estimate of drug-likeness (QED) is 0.736. The van der Waals surface area contributed by atoms with E-state index in [4.69, 9.17) is 0 Å². The smallest absolute Gasteiger partial charge is 0.193 e. The molecule has 92 valence electrons. The zero-order chi connectivity index (χ0) is 13.3. The Bertz CT molecular complexity index is 564. The number of carbonyl (C=O) groups is 1. The summed E-state index contributed by atoms with van der Waals surface area (Å²) < 4.78 is 26.8. The molecule has 0 saturated heterocycles. The predicted octanol–water partition coefficient (Wildman–Crippen LogP) is 3.81. The van der Waals surface area contributed by atoms with Gasteiger partial charge in [-0.25, -0.2) is 8.78 Å². The van der Waals surface area contributed by atoms with Crippen LogP contribution in [0.1, 0.15) is 27.0 Å². The molecular weight excluding hydrogens is 234 g/mol. The summed E-state index contributed by atoms with van der Waals surface area (Å²) in [5.41, 5.74) is 1.10. The van der Waals surface area contributed by atoms with Gasteiger partial charge in [0.25, 0.3) is 0 Å². The van der Waals surface area contributed by atoms with Crippen molar-refractivity contribution in [3.8, 4) is 0 Å². The first-order valence-electron chi connectivity index (χ1n) is 5.57. The predicted molar refractivity (Wildman–Crippen MR) is 65.7 cm³/mol. The summed E-state index contributed by atoms with van der Waals surface area (Å²) in [6.07, 6.45) is 0. The van der Waals surface area contributed by atoms with E-state index in [1.165, 1.54) is 38.1 Å². The molecule has 0 bridgehead atoms. The van der Waals surface area contributed by atoms with Crippen molar-refractivity contribution < 1.29 is 13.6 Å². The third kappa shape index (κ3) is 2.04. The molecule has 2 aromatic rings. The molecule has 0 aliphatic rings. The summed E-state index contributed by atoms with van der Waals surface area (Å²) in [7, 11) is 0. The molecule has 0 aliphatic heterocycles. The van der Waals surface area contributed by atoms with Crippen molar-refractivity contribution in [2.24, 2.45) is 0 Å². The monoisotopic (exact) mass is 246 g/mol. The normalized spacial score (nSPS) is 10.4. The largest absolute Gasteiger partial charge is 0.289 e. The van der Waals surface area contributed by atoms with Crippen LogP contribution < -0.4 is 0 Å². The Balaban J connectivity index is 2.55. The summed E-state index contributed by atoms with van der Waals surface area (Å²) in [4.78, 5) is 12.3. The van der Waals surface area contributed by atoms with E-state index in [9.17, 15) is 13.6 Å². The van der Waals surface area contributed by atoms with Crippen LogP contribution in [0.25, 0.3) is 0 Å². The minimum Gasteiger partial charge on any atom is -0.289 e. The van der Waals surface area contributed by atoms with E-state index in [0.29, 0.717) is 0 Å². The van der Waals surface area contributed by atoms with Crippen LogP contribution in [0.15, 0.2) is 36.4 Å². The number of rotatable bonds is 2. The van der Waals surface area contributed by atoms with E-state index in [-0.39, 0.29) is 28.0 Å². The van der Waals surface area contributed by atoms with Gasteiger partial charge in [0.2, 0.25) is 0 Å². The molecule has 0 saturated carbocycles. The van der Waals surface area contributed by atoms with E-state index in [1.54, 1.807) is 12.1 Å². The second kappa shape index (κ2) is 4.69. The van der Waals surface area contributed by atoms with Crippen LogP contribution in [0.2, 0.25) is 0 Å². The van der Waals surface area contributed by atoms with Gasteiger partial charge in [0.05, 0.1) is 0 Å². The topological polar surface area (TPSA) is 17.1 Å². The highest BCUT2D eigenvalue weighted by Gasteiger charge is 2.17. The molecule has 2 aromatic carbocycles. The van der Waals surface area contributed by atoms with E-state index in [2.05, 4.69) is 0 Å². The van der Waals surface area contributed by atoms with Gasteiger partial charge in [0.15, 0.2) is 5.78 Å². The molecule has 0 atom stereocenters. The highest BCUT2D eigenvalue weighted by Crippen LogP contribution is 2.20. The maximum Gasteiger partial charge on any atom is 0.193 e. The second-order valence-electron chi connectivity index (χ2n) is 4.15. The standard InChI is InChI=1S/C15H12F2O/c1-9-11(5-3-7-13(9)16)15(18)12-6-4-8-14(17)10(12)2/h3-8H,1-2H3. The van der Waals surface area contributed by atoms with Crippen LogP contribution in [0.4, 0.5) is 8.78 Å². The Kier molecular flexibility index (Phi) is 3.24. The molecule has 2 rings (SSSR count). The highest BCUT2D eigenvalue weighted by atomic mass is 19.1. The molecule has 1 nitrogen and oxygen atoms in total. The lowest BCUT2D eigenvalue weighted by molar-refractivity contribution is 0.103. The molecule has 0 aromatic heterocycles. The first-order valence-corrected chi connectivity index (χ1v) is 5.57. The van der Waals surface area contributed by atoms with Gasteiger partial charge >= 0.3 is 0 Å². The SMILES string of the molecule is Cc1c(F)cccc1C(=O)c1cccc(F)c1C. The van der Waals surface area contributed by atoms with Crippen molar-refractivity contribution in [2.45, 2.75) is 13.8 Å². The van der Waals surface area contributed by atoms with E-state index < -0.39 is 11.6 Å². The maximum absolute atomic E-state index is 13.4. The molecule has 18 heavy (non-hydrogen) atoms. The number of hydrogen-bond donors (Lipinski definition) is 0. The average molecular weight is 246 g/mol. The third-order valence-electron chi connectivity index (χ3n) is 3.02. The summed E-state index contributed by atoms with van der Waals surface area (Å²) in [5.74, 6) is -1.23. The fourth-order valence-corrected chi connectivity index (χ4v) is 1.85. The van der Waals surface area contributed by atoms with Crippen LogP contribution in [0.5, 0.6) is 0 Å². The molecule has 0 fully saturated rings. The van der Waals surface area contributed by atoms with Crippen molar-refractivity contribution >= 4 is 5.78 Å². The lowest BCUT2D eigenvalue weighted by atomic mass is 9.96. The molecule has 0 amide bonds. The van der Waals surface area contributed by atoms with E-state index in [0.717, 1.165) is 0 Å². The molecule has 3 heteroatoms. The van der Waals surface area contributed by atoms with Crippen LogP contribution >= 0.6 is 0 Å². The Hall–Kier alpha value is -2.03. The van der Waals surface area contributed by atoms with Gasteiger partial charge in [0, 0.05) is 11.1 Å². The number of halogens is 2. The van der Waals surface area contributed by atoms with Gasteiger partial charge < -0.3 is 0 Å². The Morgan fingerprint density at radius 2 is 1.22 bits per heavy atom. The van der Waals surface area contributed by atoms with Gasteiger partial charge in [-0.15, -0.1) is 0 Å². The minimum atomic E-state index is -0.435. The number of hydrogen-bond acceptors (Lipinski definition) is 1. The van der Waals surface area contributed by atoms with Gasteiger partial charge in [0.1, 0.15) is 11.6 Å². The number of carbonyl (C=O) groups excluding carboxylic acids is 1. The van der Waals surface area contributed by atoms with Gasteiger partial charge in [-0.2, -0.15) is 0 Å². The van der Waals surface area contributed by atoms with Gasteiger partial charge in [-0.05, 0) is 37.1 Å². The first-order chi connectivity index (χ1) is 8.52. The van der Waals surface area contributed by atoms with Gasteiger partial charge in [-0.3, -0.25) is 4.79 Å². The fraction of sp³-hybridized carbons (Fsp3) is 0.133. The Morgan fingerprint density at radius 1 is 0.833 bits per heavy atom. The van der Waals surface area contributed by atoms with Crippen LogP contribution in [-0.4, -0.2) is 5.78 Å². The molecular formula is C15H12F2O. The van der Waals surface area contributed by atoms with Crippen molar-refractivity contribution in [1.82, 2.24) is 0 Å². The highest BCUT2D eigenvalue weighted by molar-refractivity contribution is 6.10. The zero-order valence-electron chi connectivity index (χ0n) is 10.1. The van der Waals surface area contributed by atoms with Crippen molar-refractivity contribution in [2.75, 3.05) is 0 Å². The van der Waals surface area contributed by atoms with Crippen molar-refractivity contribution in [3.05, 3.63) is 70.3 Å². The van der Waals surface area contributed by atoms with Crippen LogP contribution in [-0.2, 0) is 0 Å². The van der Waals surface area contributed by atoms with E-state index in [1.807, 2.05) is 0 Å². The molecule has 0 unspecified atom stereocenters. The summed E-state index contributed by atoms with van der Waals surface area (Å²) in [6.45, 7) is 3.08. The lowest BCUT2D eigenvalue weighted by Gasteiger charge is -2.08. The van der Waals surface area contributed by atoms with E-state index >= 15 is 0 Å². The molecule has 0 heterocycles. The summed E-state index contributed by atoms with van der Waals surface area (Å²) >= 11 is 0. The van der Waals surface area contributed by atoms with Crippen LogP contribution in [0.3, 0.4) is 0 Å². The average Bonchev–Trinajstić information content (AvgIpc) is 2.35. The fourth-order valence-electron chi connectivity index (χ4n) is 1.85. The van der Waals surface area contributed by atoms with Crippen LogP contribution in [0, 0.1) is 25.5 Å². The Morgan fingerprint density at radius 3 is 1.61 bits per heavy atom. The molecule has 0 N–H and O–H groups in total. The Labute approximate surface area is 104 Å². The minimum absolute atomic E-state index is 0.267.